The van der Waals surface area contributed by atoms with E-state index >= 15 is 0 Å². The fourth-order valence-electron chi connectivity index (χ4n) is 2.49. The van der Waals surface area contributed by atoms with E-state index in [1.807, 2.05) is 6.07 Å². The van der Waals surface area contributed by atoms with E-state index in [-0.39, 0.29) is 11.4 Å². The summed E-state index contributed by atoms with van der Waals surface area (Å²) in [4.78, 5) is 0. The Morgan fingerprint density at radius 2 is 2.31 bits per heavy atom. The van der Waals surface area contributed by atoms with Crippen molar-refractivity contribution in [2.45, 2.75) is 38.1 Å². The first kappa shape index (κ1) is 12.1. The molecule has 88 valence electrons. The molecule has 0 aromatic heterocycles. The topological polar surface area (TPSA) is 12.0 Å². The van der Waals surface area contributed by atoms with Gasteiger partial charge in [-0.25, -0.2) is 4.39 Å². The van der Waals surface area contributed by atoms with Crippen LogP contribution in [-0.2, 0) is 6.42 Å². The molecule has 1 heterocycles. The molecule has 1 aliphatic heterocycles. The molecule has 0 amide bonds. The Bertz CT molecular complexity index is 372. The highest BCUT2D eigenvalue weighted by Crippen LogP contribution is 2.29. The minimum absolute atomic E-state index is 0.0928. The zero-order chi connectivity index (χ0) is 11.6. The largest absolute Gasteiger partial charge is 0.311 e. The fraction of sp³-hybridized carbons (Fsp3) is 0.538. The maximum absolute atomic E-state index is 13.7. The highest BCUT2D eigenvalue weighted by molar-refractivity contribution is 9.10. The Morgan fingerprint density at radius 1 is 1.50 bits per heavy atom. The first-order valence-electron chi connectivity index (χ1n) is 5.84. The van der Waals surface area contributed by atoms with Crippen LogP contribution < -0.4 is 5.32 Å². The summed E-state index contributed by atoms with van der Waals surface area (Å²) in [5.41, 5.74) is 0.923. The number of benzene rings is 1. The van der Waals surface area contributed by atoms with Crippen LogP contribution in [0, 0.1) is 5.82 Å². The van der Waals surface area contributed by atoms with E-state index in [9.17, 15) is 4.39 Å². The molecule has 16 heavy (non-hydrogen) atoms. The van der Waals surface area contributed by atoms with Crippen molar-refractivity contribution in [1.82, 2.24) is 5.32 Å². The zero-order valence-corrected chi connectivity index (χ0v) is 11.1. The Morgan fingerprint density at radius 3 is 2.94 bits per heavy atom. The van der Waals surface area contributed by atoms with Crippen LogP contribution in [0.2, 0.25) is 0 Å². The summed E-state index contributed by atoms with van der Waals surface area (Å²) in [6.45, 7) is 3.23. The lowest BCUT2D eigenvalue weighted by atomic mass is 9.87. The Hall–Kier alpha value is -0.410. The molecule has 1 N–H and O–H groups in total. The van der Waals surface area contributed by atoms with Crippen LogP contribution in [0.3, 0.4) is 0 Å². The fourth-order valence-corrected chi connectivity index (χ4v) is 2.90. The lowest BCUT2D eigenvalue weighted by molar-refractivity contribution is 0.354. The molecule has 0 spiro atoms. The van der Waals surface area contributed by atoms with E-state index in [4.69, 9.17) is 0 Å². The molecule has 1 aromatic rings. The molecule has 0 aliphatic carbocycles. The molecule has 1 fully saturated rings. The maximum atomic E-state index is 13.7. The Kier molecular flexibility index (Phi) is 3.65. The van der Waals surface area contributed by atoms with Gasteiger partial charge in [0.15, 0.2) is 0 Å². The summed E-state index contributed by atoms with van der Waals surface area (Å²) in [6, 6.07) is 5.18. The molecule has 0 radical (unpaired) electrons. The molecule has 1 aliphatic rings. The van der Waals surface area contributed by atoms with Gasteiger partial charge in [0.1, 0.15) is 5.82 Å². The summed E-state index contributed by atoms with van der Waals surface area (Å²) in [5.74, 6) is -0.0928. The monoisotopic (exact) mass is 285 g/mol. The third-order valence-electron chi connectivity index (χ3n) is 3.55. The SMILES string of the molecule is CCC1(Cc2cc(Br)ccc2F)CCCN1. The van der Waals surface area contributed by atoms with Crippen LogP contribution in [0.1, 0.15) is 31.7 Å². The first-order chi connectivity index (χ1) is 7.65. The van der Waals surface area contributed by atoms with Crippen LogP contribution in [0.25, 0.3) is 0 Å². The van der Waals surface area contributed by atoms with Crippen molar-refractivity contribution in [3.63, 3.8) is 0 Å². The van der Waals surface area contributed by atoms with Gasteiger partial charge in [0, 0.05) is 10.0 Å². The van der Waals surface area contributed by atoms with Gasteiger partial charge in [-0.2, -0.15) is 0 Å². The van der Waals surface area contributed by atoms with Gasteiger partial charge in [0.25, 0.3) is 0 Å². The molecular weight excluding hydrogens is 269 g/mol. The van der Waals surface area contributed by atoms with Gasteiger partial charge in [-0.3, -0.25) is 0 Å². The average Bonchev–Trinajstić information content (AvgIpc) is 2.73. The summed E-state index contributed by atoms with van der Waals surface area (Å²) in [7, 11) is 0. The molecule has 1 unspecified atom stereocenters. The van der Waals surface area contributed by atoms with Crippen molar-refractivity contribution >= 4 is 15.9 Å². The highest BCUT2D eigenvalue weighted by Gasteiger charge is 2.32. The predicted octanol–water partition coefficient (Wildman–Crippen LogP) is 3.66. The number of hydrogen-bond donors (Lipinski definition) is 1. The quantitative estimate of drug-likeness (QED) is 0.894. The number of rotatable bonds is 3. The smallest absolute Gasteiger partial charge is 0.126 e. The first-order valence-corrected chi connectivity index (χ1v) is 6.63. The van der Waals surface area contributed by atoms with Gasteiger partial charge in [-0.15, -0.1) is 0 Å². The number of hydrogen-bond acceptors (Lipinski definition) is 1. The zero-order valence-electron chi connectivity index (χ0n) is 9.52. The van der Waals surface area contributed by atoms with Crippen LogP contribution in [0.15, 0.2) is 22.7 Å². The van der Waals surface area contributed by atoms with Crippen LogP contribution >= 0.6 is 15.9 Å². The van der Waals surface area contributed by atoms with Crippen LogP contribution in [0.4, 0.5) is 4.39 Å². The third-order valence-corrected chi connectivity index (χ3v) is 4.04. The number of nitrogens with one attached hydrogen (secondary N) is 1. The normalized spacial score (nSPS) is 24.9. The minimum atomic E-state index is -0.0928. The molecule has 0 saturated carbocycles. The van der Waals surface area contributed by atoms with E-state index < -0.39 is 0 Å². The van der Waals surface area contributed by atoms with Crippen molar-refractivity contribution in [3.05, 3.63) is 34.1 Å². The van der Waals surface area contributed by atoms with Crippen LogP contribution in [-0.4, -0.2) is 12.1 Å². The molecule has 2 rings (SSSR count). The lowest BCUT2D eigenvalue weighted by Crippen LogP contribution is -2.41. The van der Waals surface area contributed by atoms with E-state index in [0.29, 0.717) is 0 Å². The third kappa shape index (κ3) is 2.46. The molecule has 1 nitrogen and oxygen atoms in total. The summed E-state index contributed by atoms with van der Waals surface area (Å²) < 4.78 is 14.6. The average molecular weight is 286 g/mol. The van der Waals surface area contributed by atoms with E-state index in [2.05, 4.69) is 28.2 Å². The van der Waals surface area contributed by atoms with Crippen molar-refractivity contribution in [1.29, 1.82) is 0 Å². The van der Waals surface area contributed by atoms with Crippen molar-refractivity contribution in [2.24, 2.45) is 0 Å². The molecular formula is C13H17BrFN. The Labute approximate surface area is 105 Å². The van der Waals surface area contributed by atoms with E-state index in [1.165, 1.54) is 12.5 Å². The standard InChI is InChI=1S/C13H17BrFN/c1-2-13(6-3-7-16-13)9-10-8-11(14)4-5-12(10)15/h4-5,8,16H,2-3,6-7,9H2,1H3. The summed E-state index contributed by atoms with van der Waals surface area (Å²) in [6.07, 6.45) is 4.19. The molecule has 3 heteroatoms. The minimum Gasteiger partial charge on any atom is -0.311 e. The molecule has 1 saturated heterocycles. The second kappa shape index (κ2) is 4.84. The van der Waals surface area contributed by atoms with Gasteiger partial charge in [0.05, 0.1) is 0 Å². The summed E-state index contributed by atoms with van der Waals surface area (Å²) >= 11 is 3.40. The van der Waals surface area contributed by atoms with Gasteiger partial charge >= 0.3 is 0 Å². The van der Waals surface area contributed by atoms with Gasteiger partial charge in [-0.05, 0) is 56.0 Å². The molecule has 0 bridgehead atoms. The number of halogens is 2. The van der Waals surface area contributed by atoms with E-state index in [0.717, 1.165) is 35.8 Å². The Balaban J connectivity index is 2.21. The lowest BCUT2D eigenvalue weighted by Gasteiger charge is -2.28. The van der Waals surface area contributed by atoms with Gasteiger partial charge in [0.2, 0.25) is 0 Å². The van der Waals surface area contributed by atoms with Crippen molar-refractivity contribution < 1.29 is 4.39 Å². The highest BCUT2D eigenvalue weighted by atomic mass is 79.9. The second-order valence-corrected chi connectivity index (χ2v) is 5.49. The molecule has 1 aromatic carbocycles. The van der Waals surface area contributed by atoms with E-state index in [1.54, 1.807) is 6.07 Å². The van der Waals surface area contributed by atoms with Crippen molar-refractivity contribution in [2.75, 3.05) is 6.54 Å². The maximum Gasteiger partial charge on any atom is 0.126 e. The predicted molar refractivity (Wildman–Crippen MR) is 68.1 cm³/mol. The van der Waals surface area contributed by atoms with Crippen LogP contribution in [0.5, 0.6) is 0 Å². The molecule has 1 atom stereocenters. The summed E-state index contributed by atoms with van der Waals surface area (Å²) in [5, 5.41) is 3.53. The van der Waals surface area contributed by atoms with Gasteiger partial charge in [-0.1, -0.05) is 22.9 Å². The van der Waals surface area contributed by atoms with Crippen molar-refractivity contribution in [3.8, 4) is 0 Å². The second-order valence-electron chi connectivity index (χ2n) is 4.58. The van der Waals surface area contributed by atoms with Gasteiger partial charge < -0.3 is 5.32 Å².